The first kappa shape index (κ1) is 17.8. The molecule has 7 nitrogen and oxygen atoms in total. The zero-order valence-corrected chi connectivity index (χ0v) is 15.9. The van der Waals surface area contributed by atoms with E-state index in [9.17, 15) is 9.59 Å². The van der Waals surface area contributed by atoms with E-state index in [4.69, 9.17) is 4.74 Å². The number of ether oxygens (including phenoxy) is 1. The van der Waals surface area contributed by atoms with E-state index >= 15 is 0 Å². The fraction of sp³-hybridized carbons (Fsp3) is 0.722. The van der Waals surface area contributed by atoms with Gasteiger partial charge in [-0.25, -0.2) is 4.68 Å². The Morgan fingerprint density at radius 2 is 1.96 bits per heavy atom. The first-order chi connectivity index (χ1) is 11.6. The Kier molecular flexibility index (Phi) is 4.08. The molecule has 3 atom stereocenters. The van der Waals surface area contributed by atoms with Crippen molar-refractivity contribution in [3.63, 3.8) is 0 Å². The van der Waals surface area contributed by atoms with Crippen molar-refractivity contribution in [3.8, 4) is 5.88 Å². The second-order valence-electron chi connectivity index (χ2n) is 8.18. The summed E-state index contributed by atoms with van der Waals surface area (Å²) < 4.78 is 6.78. The third-order valence-electron chi connectivity index (χ3n) is 6.91. The van der Waals surface area contributed by atoms with E-state index in [2.05, 4.69) is 36.5 Å². The second kappa shape index (κ2) is 5.75. The topological polar surface area (TPSA) is 85.2 Å². The third kappa shape index (κ3) is 2.51. The molecule has 2 aliphatic carbocycles. The van der Waals surface area contributed by atoms with E-state index < -0.39 is 11.8 Å². The molecular weight excluding hydrogens is 320 g/mol. The van der Waals surface area contributed by atoms with Crippen molar-refractivity contribution in [3.05, 3.63) is 5.69 Å². The standard InChI is InChI=1S/C18H28N4O3/c1-10-13(16(25-6)22(5)21-10)20-15(24)14(23)19-12-9-11-7-8-18(12,4)17(11,2)3/h11-12H,7-9H2,1-6H3,(H,19,23)(H,20,24)/t11-,12-,18-/m1/s1. The van der Waals surface area contributed by atoms with Gasteiger partial charge in [0.2, 0.25) is 5.88 Å². The largest absolute Gasteiger partial charge is 0.480 e. The van der Waals surface area contributed by atoms with Gasteiger partial charge in [0.25, 0.3) is 0 Å². The van der Waals surface area contributed by atoms with Crippen molar-refractivity contribution in [2.24, 2.45) is 23.8 Å². The minimum Gasteiger partial charge on any atom is -0.480 e. The number of amides is 2. The molecule has 2 amide bonds. The summed E-state index contributed by atoms with van der Waals surface area (Å²) in [5.41, 5.74) is 1.26. The summed E-state index contributed by atoms with van der Waals surface area (Å²) >= 11 is 0. The molecule has 0 aromatic carbocycles. The van der Waals surface area contributed by atoms with Gasteiger partial charge in [0.1, 0.15) is 5.69 Å². The summed E-state index contributed by atoms with van der Waals surface area (Å²) in [6, 6.07) is 0.0383. The summed E-state index contributed by atoms with van der Waals surface area (Å²) in [7, 11) is 3.23. The van der Waals surface area contributed by atoms with Crippen LogP contribution in [0.15, 0.2) is 0 Å². The molecule has 2 saturated carbocycles. The summed E-state index contributed by atoms with van der Waals surface area (Å²) in [5, 5.41) is 9.82. The van der Waals surface area contributed by atoms with Crippen molar-refractivity contribution >= 4 is 17.5 Å². The van der Waals surface area contributed by atoms with E-state index in [1.54, 1.807) is 14.0 Å². The Morgan fingerprint density at radius 3 is 2.48 bits per heavy atom. The van der Waals surface area contributed by atoms with Crippen molar-refractivity contribution in [2.75, 3.05) is 12.4 Å². The van der Waals surface area contributed by atoms with Crippen LogP contribution in [0.25, 0.3) is 0 Å². The molecule has 25 heavy (non-hydrogen) atoms. The molecule has 0 spiro atoms. The maximum atomic E-state index is 12.5. The maximum absolute atomic E-state index is 12.5. The monoisotopic (exact) mass is 348 g/mol. The average molecular weight is 348 g/mol. The lowest BCUT2D eigenvalue weighted by Gasteiger charge is -2.39. The van der Waals surface area contributed by atoms with Gasteiger partial charge >= 0.3 is 11.8 Å². The highest BCUT2D eigenvalue weighted by Gasteiger charge is 2.61. The zero-order valence-electron chi connectivity index (χ0n) is 15.9. The number of carbonyl (C=O) groups is 2. The van der Waals surface area contributed by atoms with Gasteiger partial charge in [0.15, 0.2) is 0 Å². The summed E-state index contributed by atoms with van der Waals surface area (Å²) in [6.45, 7) is 8.55. The Labute approximate surface area is 148 Å². The summed E-state index contributed by atoms with van der Waals surface area (Å²) in [5.74, 6) is -0.253. The number of hydrogen-bond acceptors (Lipinski definition) is 4. The number of aromatic nitrogens is 2. The van der Waals surface area contributed by atoms with Crippen LogP contribution in [0.4, 0.5) is 5.69 Å². The molecule has 0 saturated heterocycles. The zero-order chi connectivity index (χ0) is 18.6. The highest BCUT2D eigenvalue weighted by molar-refractivity contribution is 6.39. The van der Waals surface area contributed by atoms with Crippen LogP contribution in [0.2, 0.25) is 0 Å². The van der Waals surface area contributed by atoms with Gasteiger partial charge in [-0.2, -0.15) is 5.10 Å². The normalized spacial score (nSPS) is 29.5. The molecule has 0 radical (unpaired) electrons. The maximum Gasteiger partial charge on any atom is 0.313 e. The molecule has 1 aromatic heterocycles. The average Bonchev–Trinajstić information content (AvgIpc) is 3.00. The van der Waals surface area contributed by atoms with E-state index in [1.807, 2.05) is 0 Å². The van der Waals surface area contributed by atoms with Gasteiger partial charge in [-0.15, -0.1) is 0 Å². The molecule has 1 heterocycles. The molecule has 0 unspecified atom stereocenters. The molecule has 2 fully saturated rings. The molecule has 138 valence electrons. The number of nitrogens with zero attached hydrogens (tertiary/aromatic N) is 2. The highest BCUT2D eigenvalue weighted by atomic mass is 16.5. The molecule has 0 aliphatic heterocycles. The number of hydrogen-bond donors (Lipinski definition) is 2. The van der Waals surface area contributed by atoms with Crippen LogP contribution in [-0.2, 0) is 16.6 Å². The molecule has 2 N–H and O–H groups in total. The number of rotatable bonds is 3. The number of anilines is 1. The smallest absolute Gasteiger partial charge is 0.313 e. The van der Waals surface area contributed by atoms with Gasteiger partial charge in [-0.1, -0.05) is 20.8 Å². The summed E-state index contributed by atoms with van der Waals surface area (Å²) in [4.78, 5) is 24.8. The van der Waals surface area contributed by atoms with E-state index in [0.717, 1.165) is 12.8 Å². The lowest BCUT2D eigenvalue weighted by atomic mass is 9.69. The Hall–Kier alpha value is -2.05. The number of nitrogens with one attached hydrogen (secondary N) is 2. The van der Waals surface area contributed by atoms with Crippen LogP contribution < -0.4 is 15.4 Å². The first-order valence-corrected chi connectivity index (χ1v) is 8.81. The van der Waals surface area contributed by atoms with Crippen molar-refractivity contribution in [1.82, 2.24) is 15.1 Å². The number of aryl methyl sites for hydroxylation is 2. The fourth-order valence-corrected chi connectivity index (χ4v) is 4.83. The van der Waals surface area contributed by atoms with Gasteiger partial charge in [0, 0.05) is 13.1 Å². The van der Waals surface area contributed by atoms with E-state index in [1.165, 1.54) is 18.2 Å². The van der Waals surface area contributed by atoms with Crippen LogP contribution in [0, 0.1) is 23.7 Å². The van der Waals surface area contributed by atoms with Crippen LogP contribution in [-0.4, -0.2) is 34.7 Å². The lowest BCUT2D eigenvalue weighted by molar-refractivity contribution is -0.137. The first-order valence-electron chi connectivity index (χ1n) is 8.81. The lowest BCUT2D eigenvalue weighted by Crippen LogP contribution is -2.49. The molecule has 2 aliphatic rings. The van der Waals surface area contributed by atoms with Gasteiger partial charge in [-0.05, 0) is 42.9 Å². The van der Waals surface area contributed by atoms with E-state index in [-0.39, 0.29) is 16.9 Å². The molecule has 7 heteroatoms. The third-order valence-corrected chi connectivity index (χ3v) is 6.91. The van der Waals surface area contributed by atoms with Gasteiger partial charge in [-0.3, -0.25) is 9.59 Å². The molecule has 3 rings (SSSR count). The Balaban J connectivity index is 1.70. The second-order valence-corrected chi connectivity index (χ2v) is 8.18. The molecule has 1 aromatic rings. The van der Waals surface area contributed by atoms with Crippen LogP contribution in [0.5, 0.6) is 5.88 Å². The predicted octanol–water partition coefficient (Wildman–Crippen LogP) is 2.01. The van der Waals surface area contributed by atoms with Crippen LogP contribution in [0.3, 0.4) is 0 Å². The minimum atomic E-state index is -0.682. The van der Waals surface area contributed by atoms with E-state index in [0.29, 0.717) is 23.2 Å². The molecular formula is C18H28N4O3. The Bertz CT molecular complexity index is 724. The molecule has 2 bridgehead atoms. The minimum absolute atomic E-state index is 0.0372. The quantitative estimate of drug-likeness (QED) is 0.818. The van der Waals surface area contributed by atoms with Crippen LogP contribution in [0.1, 0.15) is 45.7 Å². The predicted molar refractivity (Wildman–Crippen MR) is 94.3 cm³/mol. The number of carbonyl (C=O) groups excluding carboxylic acids is 2. The van der Waals surface area contributed by atoms with Crippen molar-refractivity contribution < 1.29 is 14.3 Å². The SMILES string of the molecule is COc1c(NC(=O)C(=O)N[C@@H]2C[C@H]3CC[C@@]2(C)C3(C)C)c(C)nn1C. The van der Waals surface area contributed by atoms with Crippen molar-refractivity contribution in [1.29, 1.82) is 0 Å². The number of methoxy groups -OCH3 is 1. The van der Waals surface area contributed by atoms with Gasteiger partial charge < -0.3 is 15.4 Å². The van der Waals surface area contributed by atoms with Crippen LogP contribution >= 0.6 is 0 Å². The summed E-state index contributed by atoms with van der Waals surface area (Å²) in [6.07, 6.45) is 3.23. The Morgan fingerprint density at radius 1 is 1.28 bits per heavy atom. The van der Waals surface area contributed by atoms with Gasteiger partial charge in [0.05, 0.1) is 12.8 Å². The number of fused-ring (bicyclic) bond motifs is 2. The highest BCUT2D eigenvalue weighted by Crippen LogP contribution is 2.65. The fourth-order valence-electron chi connectivity index (χ4n) is 4.83. The van der Waals surface area contributed by atoms with Crippen molar-refractivity contribution in [2.45, 2.75) is 53.0 Å².